The molecule has 1 aliphatic carbocycles. The van der Waals surface area contributed by atoms with E-state index in [1.807, 2.05) is 0 Å². The number of rotatable bonds is 5. The molecule has 7 rings (SSSR count). The Morgan fingerprint density at radius 2 is 1.05 bits per heavy atom. The highest BCUT2D eigenvalue weighted by Gasteiger charge is 2.18. The number of nitrogens with zero attached hydrogens (tertiary/aromatic N) is 2. The monoisotopic (exact) mass is 502 g/mol. The average Bonchev–Trinajstić information content (AvgIpc) is 3.01. The third-order valence-corrected chi connectivity index (χ3v) is 7.91. The Labute approximate surface area is 230 Å². The number of fused-ring (bicyclic) bond motifs is 3. The van der Waals surface area contributed by atoms with Crippen LogP contribution in [0.15, 0.2) is 133 Å². The van der Waals surface area contributed by atoms with Crippen molar-refractivity contribution in [2.45, 2.75) is 12.8 Å². The van der Waals surface area contributed by atoms with Crippen LogP contribution in [-0.4, -0.2) is 7.05 Å². The van der Waals surface area contributed by atoms with Crippen LogP contribution in [0.3, 0.4) is 0 Å². The molecule has 188 valence electrons. The third kappa shape index (κ3) is 4.15. The fourth-order valence-corrected chi connectivity index (χ4v) is 5.92. The molecule has 0 radical (unpaired) electrons. The molecule has 0 aliphatic heterocycles. The molecule has 0 saturated carbocycles. The van der Waals surface area contributed by atoms with E-state index in [0.29, 0.717) is 0 Å². The molecular weight excluding hydrogens is 472 g/mol. The van der Waals surface area contributed by atoms with Crippen molar-refractivity contribution in [3.63, 3.8) is 0 Å². The molecule has 6 aromatic rings. The van der Waals surface area contributed by atoms with Crippen LogP contribution in [-0.2, 0) is 6.42 Å². The first kappa shape index (κ1) is 23.3. The summed E-state index contributed by atoms with van der Waals surface area (Å²) in [7, 11) is 2.17. The highest BCUT2D eigenvalue weighted by Crippen LogP contribution is 2.42. The van der Waals surface area contributed by atoms with Gasteiger partial charge in [0.2, 0.25) is 0 Å². The quantitative estimate of drug-likeness (QED) is 0.231. The number of hydrogen-bond acceptors (Lipinski definition) is 2. The smallest absolute Gasteiger partial charge is 0.0540 e. The van der Waals surface area contributed by atoms with Gasteiger partial charge in [-0.25, -0.2) is 0 Å². The van der Waals surface area contributed by atoms with Crippen molar-refractivity contribution in [2.24, 2.45) is 0 Å². The molecule has 0 unspecified atom stereocenters. The number of allylic oxidation sites excluding steroid dienone is 1. The van der Waals surface area contributed by atoms with Crippen LogP contribution in [0.4, 0.5) is 28.4 Å². The van der Waals surface area contributed by atoms with Gasteiger partial charge in [-0.1, -0.05) is 97.1 Å². The molecular formula is C37H30N2. The summed E-state index contributed by atoms with van der Waals surface area (Å²) in [5, 5.41) is 4.94. The van der Waals surface area contributed by atoms with Crippen molar-refractivity contribution in [2.75, 3.05) is 16.8 Å². The second kappa shape index (κ2) is 9.81. The van der Waals surface area contributed by atoms with E-state index in [1.165, 1.54) is 55.4 Å². The van der Waals surface area contributed by atoms with Crippen LogP contribution in [0, 0.1) is 0 Å². The highest BCUT2D eigenvalue weighted by atomic mass is 15.1. The summed E-state index contributed by atoms with van der Waals surface area (Å²) >= 11 is 0. The lowest BCUT2D eigenvalue weighted by Gasteiger charge is -2.29. The van der Waals surface area contributed by atoms with Crippen LogP contribution in [0.1, 0.15) is 17.5 Å². The minimum Gasteiger partial charge on any atom is -0.344 e. The van der Waals surface area contributed by atoms with E-state index in [4.69, 9.17) is 0 Å². The minimum atomic E-state index is 1.11. The van der Waals surface area contributed by atoms with E-state index in [-0.39, 0.29) is 0 Å². The molecule has 39 heavy (non-hydrogen) atoms. The maximum atomic E-state index is 2.40. The summed E-state index contributed by atoms with van der Waals surface area (Å²) in [5.41, 5.74) is 8.66. The van der Waals surface area contributed by atoms with Crippen LogP contribution >= 0.6 is 0 Å². The van der Waals surface area contributed by atoms with Crippen LogP contribution < -0.4 is 9.80 Å². The van der Waals surface area contributed by atoms with Crippen LogP contribution in [0.5, 0.6) is 0 Å². The molecule has 2 nitrogen and oxygen atoms in total. The van der Waals surface area contributed by atoms with Crippen molar-refractivity contribution >= 4 is 56.1 Å². The second-order valence-electron chi connectivity index (χ2n) is 10.2. The topological polar surface area (TPSA) is 6.48 Å². The summed E-state index contributed by atoms with van der Waals surface area (Å²) in [6.07, 6.45) is 6.79. The van der Waals surface area contributed by atoms with Gasteiger partial charge in [0.05, 0.1) is 11.4 Å². The van der Waals surface area contributed by atoms with Crippen molar-refractivity contribution in [1.82, 2.24) is 0 Å². The molecule has 2 heteroatoms. The van der Waals surface area contributed by atoms with E-state index < -0.39 is 0 Å². The van der Waals surface area contributed by atoms with E-state index in [0.717, 1.165) is 18.5 Å². The molecule has 0 aromatic heterocycles. The second-order valence-corrected chi connectivity index (χ2v) is 10.2. The van der Waals surface area contributed by atoms with E-state index >= 15 is 0 Å². The number of hydrogen-bond donors (Lipinski definition) is 0. The minimum absolute atomic E-state index is 1.11. The summed E-state index contributed by atoms with van der Waals surface area (Å²) in [5.74, 6) is 0. The zero-order valence-corrected chi connectivity index (χ0v) is 22.1. The zero-order chi connectivity index (χ0) is 26.2. The predicted octanol–water partition coefficient (Wildman–Crippen LogP) is 10.2. The van der Waals surface area contributed by atoms with Crippen LogP contribution in [0.25, 0.3) is 27.6 Å². The van der Waals surface area contributed by atoms with Gasteiger partial charge in [-0.3, -0.25) is 0 Å². The summed E-state index contributed by atoms with van der Waals surface area (Å²) in [4.78, 5) is 4.71. The van der Waals surface area contributed by atoms with E-state index in [1.54, 1.807) is 0 Å². The van der Waals surface area contributed by atoms with Gasteiger partial charge < -0.3 is 9.80 Å². The lowest BCUT2D eigenvalue weighted by Crippen LogP contribution is -2.14. The van der Waals surface area contributed by atoms with Crippen molar-refractivity contribution < 1.29 is 0 Å². The van der Waals surface area contributed by atoms with Gasteiger partial charge >= 0.3 is 0 Å². The van der Waals surface area contributed by atoms with Gasteiger partial charge in [0.1, 0.15) is 0 Å². The van der Waals surface area contributed by atoms with Crippen molar-refractivity contribution in [3.8, 4) is 0 Å². The fourth-order valence-electron chi connectivity index (χ4n) is 5.92. The Morgan fingerprint density at radius 1 is 0.513 bits per heavy atom. The van der Waals surface area contributed by atoms with Gasteiger partial charge in [0.25, 0.3) is 0 Å². The summed E-state index contributed by atoms with van der Waals surface area (Å²) in [6, 6.07) is 46.1. The molecule has 1 aliphatic rings. The molecule has 0 N–H and O–H groups in total. The molecule has 6 aromatic carbocycles. The van der Waals surface area contributed by atoms with Gasteiger partial charge in [0, 0.05) is 40.4 Å². The standard InChI is InChI=1S/C37H30N2/c1-38(35-20-8-14-27-11-2-5-17-32(27)35)30-23-25-31(26-24-30)39(36-21-9-15-28-12-3-6-18-33(28)36)37-22-10-16-29-13-4-7-19-34(29)37/h3-10,12-26H,2,11H2,1H3. The predicted molar refractivity (Wildman–Crippen MR) is 168 cm³/mol. The van der Waals surface area contributed by atoms with Gasteiger partial charge in [-0.05, 0) is 71.6 Å². The maximum absolute atomic E-state index is 2.40. The first-order chi connectivity index (χ1) is 19.3. The lowest BCUT2D eigenvalue weighted by molar-refractivity contribution is 0.982. The van der Waals surface area contributed by atoms with E-state index in [9.17, 15) is 0 Å². The molecule has 0 bridgehead atoms. The maximum Gasteiger partial charge on any atom is 0.0540 e. The molecule has 0 spiro atoms. The number of anilines is 5. The molecule has 0 heterocycles. The van der Waals surface area contributed by atoms with Crippen molar-refractivity contribution in [3.05, 3.63) is 145 Å². The van der Waals surface area contributed by atoms with Gasteiger partial charge in [0.15, 0.2) is 0 Å². The molecule has 0 saturated heterocycles. The molecule has 0 atom stereocenters. The summed E-state index contributed by atoms with van der Waals surface area (Å²) < 4.78 is 0. The Balaban J connectivity index is 1.36. The first-order valence-corrected chi connectivity index (χ1v) is 13.7. The Kier molecular flexibility index (Phi) is 5.86. The highest BCUT2D eigenvalue weighted by molar-refractivity contribution is 6.04. The van der Waals surface area contributed by atoms with Crippen molar-refractivity contribution in [1.29, 1.82) is 0 Å². The number of aryl methyl sites for hydroxylation is 1. The van der Waals surface area contributed by atoms with Gasteiger partial charge in [-0.2, -0.15) is 0 Å². The third-order valence-electron chi connectivity index (χ3n) is 7.91. The Bertz CT molecular complexity index is 1740. The fraction of sp³-hybridized carbons (Fsp3) is 0.0811. The van der Waals surface area contributed by atoms with E-state index in [2.05, 4.69) is 156 Å². The molecule has 0 amide bonds. The Hall–Kier alpha value is -4.82. The SMILES string of the molecule is CN(c1ccc(N(c2cccc3ccccc23)c2cccc3ccccc23)cc1)c1cccc2c1C=CCC2. The van der Waals surface area contributed by atoms with Crippen LogP contribution in [0.2, 0.25) is 0 Å². The first-order valence-electron chi connectivity index (χ1n) is 13.7. The normalized spacial score (nSPS) is 12.4. The number of benzene rings is 6. The lowest BCUT2D eigenvalue weighted by atomic mass is 9.95. The zero-order valence-electron chi connectivity index (χ0n) is 22.1. The molecule has 0 fully saturated rings. The van der Waals surface area contributed by atoms with Gasteiger partial charge in [-0.15, -0.1) is 0 Å². The summed E-state index contributed by atoms with van der Waals surface area (Å²) in [6.45, 7) is 0. The average molecular weight is 503 g/mol. The Morgan fingerprint density at radius 3 is 1.72 bits per heavy atom. The largest absolute Gasteiger partial charge is 0.344 e.